The van der Waals surface area contributed by atoms with Crippen LogP contribution in [0.2, 0.25) is 0 Å². The summed E-state index contributed by atoms with van der Waals surface area (Å²) in [5.74, 6) is -0.434. The van der Waals surface area contributed by atoms with Gasteiger partial charge in [-0.15, -0.1) is 0 Å². The summed E-state index contributed by atoms with van der Waals surface area (Å²) in [4.78, 5) is 26.3. The van der Waals surface area contributed by atoms with Crippen molar-refractivity contribution < 1.29 is 15.3 Å². The van der Waals surface area contributed by atoms with E-state index in [1.54, 1.807) is 24.3 Å². The Morgan fingerprint density at radius 2 is 1.44 bits per heavy atom. The first-order chi connectivity index (χ1) is 12.8. The molecule has 3 rings (SSSR count). The van der Waals surface area contributed by atoms with Crippen molar-refractivity contribution >= 4 is 17.5 Å². The largest absolute Gasteiger partial charge is 0.325 e. The van der Waals surface area contributed by atoms with E-state index in [-0.39, 0.29) is 17.2 Å². The topological polar surface area (TPSA) is 65.0 Å². The van der Waals surface area contributed by atoms with Crippen molar-refractivity contribution in [3.63, 3.8) is 0 Å². The van der Waals surface area contributed by atoms with Crippen molar-refractivity contribution in [1.82, 2.24) is 4.90 Å². The highest BCUT2D eigenvalue weighted by Crippen LogP contribution is 2.32. The molecule has 0 spiro atoms. The molecule has 1 heterocycles. The van der Waals surface area contributed by atoms with E-state index in [1.165, 1.54) is 16.9 Å². The number of amides is 2. The standard InChI is InChI=1S/C20H22N2O2.C3H8/c1-4-20(2,3)16-11-13(9-10-17(16)21)12-22-18(23)14-7-5-6-8-15(14)19(22)24;1-3-2/h5-11H,4,12,21H2,1-3H3;3H2,1-2H3/p+1. The lowest BCUT2D eigenvalue weighted by molar-refractivity contribution is -0.256. The second-order valence-electron chi connectivity index (χ2n) is 7.68. The molecule has 0 saturated carbocycles. The number of quaternary nitrogens is 1. The number of nitrogens with zero attached hydrogens (tertiary/aromatic N) is 1. The molecule has 0 aromatic heterocycles. The van der Waals surface area contributed by atoms with Crippen molar-refractivity contribution in [3.05, 3.63) is 64.7 Å². The second kappa shape index (κ2) is 8.49. The van der Waals surface area contributed by atoms with Crippen LogP contribution in [0.5, 0.6) is 0 Å². The number of fused-ring (bicyclic) bond motifs is 1. The van der Waals surface area contributed by atoms with E-state index >= 15 is 0 Å². The Balaban J connectivity index is 0.000000817. The summed E-state index contributed by atoms with van der Waals surface area (Å²) in [6.07, 6.45) is 2.24. The van der Waals surface area contributed by atoms with Crippen LogP contribution in [-0.4, -0.2) is 16.7 Å². The molecule has 2 aromatic rings. The van der Waals surface area contributed by atoms with Crippen LogP contribution < -0.4 is 5.73 Å². The van der Waals surface area contributed by atoms with E-state index in [2.05, 4.69) is 46.4 Å². The van der Waals surface area contributed by atoms with Gasteiger partial charge in [0.25, 0.3) is 11.8 Å². The predicted octanol–water partition coefficient (Wildman–Crippen LogP) is 4.46. The van der Waals surface area contributed by atoms with Crippen LogP contribution in [0, 0.1) is 0 Å². The van der Waals surface area contributed by atoms with Gasteiger partial charge in [-0.05, 0) is 41.7 Å². The number of carbonyl (C=O) groups excluding carboxylic acids is 2. The number of imide groups is 1. The summed E-state index contributed by atoms with van der Waals surface area (Å²) in [5, 5.41) is 0. The Kier molecular flexibility index (Phi) is 6.55. The highest BCUT2D eigenvalue weighted by atomic mass is 16.2. The molecular weight excluding hydrogens is 336 g/mol. The summed E-state index contributed by atoms with van der Waals surface area (Å²) in [6.45, 7) is 11.1. The fraction of sp³-hybridized carbons (Fsp3) is 0.391. The molecule has 1 aliphatic rings. The van der Waals surface area contributed by atoms with Crippen molar-refractivity contribution in [1.29, 1.82) is 0 Å². The number of benzene rings is 2. The summed E-state index contributed by atoms with van der Waals surface area (Å²) in [5.41, 5.74) is 8.23. The van der Waals surface area contributed by atoms with E-state index in [0.717, 1.165) is 17.7 Å². The second-order valence-corrected chi connectivity index (χ2v) is 7.68. The lowest BCUT2D eigenvalue weighted by Gasteiger charge is -2.24. The van der Waals surface area contributed by atoms with Crippen LogP contribution in [-0.2, 0) is 12.0 Å². The quantitative estimate of drug-likeness (QED) is 0.811. The zero-order chi connectivity index (χ0) is 20.2. The third-order valence-electron chi connectivity index (χ3n) is 5.01. The van der Waals surface area contributed by atoms with Crippen molar-refractivity contribution in [2.45, 2.75) is 59.4 Å². The van der Waals surface area contributed by atoms with E-state index in [0.29, 0.717) is 17.7 Å². The van der Waals surface area contributed by atoms with E-state index < -0.39 is 0 Å². The van der Waals surface area contributed by atoms with Gasteiger partial charge in [0, 0.05) is 5.56 Å². The summed E-state index contributed by atoms with van der Waals surface area (Å²) >= 11 is 0. The summed E-state index contributed by atoms with van der Waals surface area (Å²) in [6, 6.07) is 13.0. The molecular formula is C23H31N2O2+. The minimum absolute atomic E-state index is 0.00901. The minimum atomic E-state index is -0.217. The first-order valence-electron chi connectivity index (χ1n) is 9.67. The van der Waals surface area contributed by atoms with Crippen molar-refractivity contribution in [3.8, 4) is 0 Å². The van der Waals surface area contributed by atoms with E-state index in [9.17, 15) is 9.59 Å². The molecule has 27 heavy (non-hydrogen) atoms. The van der Waals surface area contributed by atoms with Gasteiger partial charge < -0.3 is 5.73 Å². The van der Waals surface area contributed by atoms with Crippen LogP contribution in [0.25, 0.3) is 0 Å². The van der Waals surface area contributed by atoms with Crippen LogP contribution in [0.15, 0.2) is 42.5 Å². The average molecular weight is 368 g/mol. The van der Waals surface area contributed by atoms with Gasteiger partial charge in [0.2, 0.25) is 0 Å². The van der Waals surface area contributed by atoms with Gasteiger partial charge in [0.15, 0.2) is 0 Å². The number of hydrogen-bond donors (Lipinski definition) is 1. The van der Waals surface area contributed by atoms with Gasteiger partial charge in [-0.1, -0.05) is 59.2 Å². The van der Waals surface area contributed by atoms with Gasteiger partial charge in [0.1, 0.15) is 5.69 Å². The molecule has 0 atom stereocenters. The normalized spacial score (nSPS) is 13.3. The Labute approximate surface area is 162 Å². The van der Waals surface area contributed by atoms with Gasteiger partial charge >= 0.3 is 0 Å². The van der Waals surface area contributed by atoms with Gasteiger partial charge in [0.05, 0.1) is 17.7 Å². The summed E-state index contributed by atoms with van der Waals surface area (Å²) < 4.78 is 0. The highest BCUT2D eigenvalue weighted by Gasteiger charge is 2.35. The molecule has 0 saturated heterocycles. The maximum absolute atomic E-state index is 12.5. The monoisotopic (exact) mass is 367 g/mol. The van der Waals surface area contributed by atoms with Crippen LogP contribution in [0.1, 0.15) is 79.3 Å². The fourth-order valence-electron chi connectivity index (χ4n) is 3.11. The number of carbonyl (C=O) groups is 2. The first-order valence-corrected chi connectivity index (χ1v) is 9.67. The molecule has 4 heteroatoms. The third-order valence-corrected chi connectivity index (χ3v) is 5.01. The van der Waals surface area contributed by atoms with E-state index in [4.69, 9.17) is 0 Å². The molecule has 3 N–H and O–H groups in total. The lowest BCUT2D eigenvalue weighted by Crippen LogP contribution is -2.43. The Hall–Kier alpha value is -2.46. The predicted molar refractivity (Wildman–Crippen MR) is 109 cm³/mol. The maximum Gasteiger partial charge on any atom is 0.261 e. The van der Waals surface area contributed by atoms with E-state index in [1.807, 2.05) is 12.1 Å². The Morgan fingerprint density at radius 1 is 0.926 bits per heavy atom. The number of rotatable bonds is 4. The van der Waals surface area contributed by atoms with Crippen molar-refractivity contribution in [2.24, 2.45) is 0 Å². The van der Waals surface area contributed by atoms with Gasteiger partial charge in [-0.3, -0.25) is 14.5 Å². The molecule has 0 radical (unpaired) electrons. The smallest absolute Gasteiger partial charge is 0.261 e. The molecule has 1 aliphatic heterocycles. The Bertz CT molecular complexity index is 805. The molecule has 0 bridgehead atoms. The zero-order valence-corrected chi connectivity index (χ0v) is 17.1. The molecule has 144 valence electrons. The minimum Gasteiger partial charge on any atom is -0.325 e. The molecule has 0 aliphatic carbocycles. The summed E-state index contributed by atoms with van der Waals surface area (Å²) in [7, 11) is 0. The van der Waals surface area contributed by atoms with Gasteiger partial charge in [-0.2, -0.15) is 0 Å². The van der Waals surface area contributed by atoms with Gasteiger partial charge in [-0.25, -0.2) is 0 Å². The maximum atomic E-state index is 12.5. The lowest BCUT2D eigenvalue weighted by atomic mass is 9.80. The Morgan fingerprint density at radius 3 is 1.93 bits per heavy atom. The fourth-order valence-corrected chi connectivity index (χ4v) is 3.11. The highest BCUT2D eigenvalue weighted by molar-refractivity contribution is 6.21. The number of hydrogen-bond acceptors (Lipinski definition) is 2. The average Bonchev–Trinajstić information content (AvgIpc) is 2.89. The first kappa shape index (κ1) is 20.8. The molecule has 2 amide bonds. The molecule has 2 aromatic carbocycles. The molecule has 4 nitrogen and oxygen atoms in total. The van der Waals surface area contributed by atoms with Crippen LogP contribution >= 0.6 is 0 Å². The SMILES string of the molecule is CCC.CCC(C)(C)c1cc(CN2C(=O)c3ccccc3C2=O)ccc1[NH3+]. The third kappa shape index (κ3) is 4.28. The van der Waals surface area contributed by atoms with Crippen molar-refractivity contribution in [2.75, 3.05) is 0 Å². The van der Waals surface area contributed by atoms with Crippen LogP contribution in [0.4, 0.5) is 5.69 Å². The van der Waals surface area contributed by atoms with Crippen LogP contribution in [0.3, 0.4) is 0 Å². The zero-order valence-electron chi connectivity index (χ0n) is 17.1. The molecule has 0 unspecified atom stereocenters. The molecule has 0 fully saturated rings.